The zero-order valence-corrected chi connectivity index (χ0v) is 13.0. The molecule has 2 aromatic rings. The van der Waals surface area contributed by atoms with Crippen LogP contribution in [-0.2, 0) is 4.79 Å². The highest BCUT2D eigenvalue weighted by molar-refractivity contribution is 5.97. The second kappa shape index (κ2) is 6.60. The number of rotatable bonds is 7. The molecule has 0 bridgehead atoms. The molecule has 2 aromatic heterocycles. The number of carboxylic acid groups (broad SMARTS) is 1. The summed E-state index contributed by atoms with van der Waals surface area (Å²) in [6, 6.07) is 3.61. The molecule has 22 heavy (non-hydrogen) atoms. The molecule has 0 radical (unpaired) electrons. The summed E-state index contributed by atoms with van der Waals surface area (Å²) in [7, 11) is 0. The molecule has 1 N–H and O–H groups in total. The number of fused-ring (bicyclic) bond motifs is 1. The average Bonchev–Trinajstić information content (AvgIpc) is 2.75. The third-order valence-electron chi connectivity index (χ3n) is 3.41. The lowest BCUT2D eigenvalue weighted by Gasteiger charge is -2.09. The fraction of sp³-hybridized carbons (Fsp3) is 0.438. The van der Waals surface area contributed by atoms with Crippen LogP contribution in [0.25, 0.3) is 5.65 Å². The molecule has 2 rings (SSSR count). The predicted octanol–water partition coefficient (Wildman–Crippen LogP) is 2.73. The van der Waals surface area contributed by atoms with Crippen LogP contribution in [0.2, 0.25) is 0 Å². The maximum absolute atomic E-state index is 12.5. The van der Waals surface area contributed by atoms with Gasteiger partial charge in [0.2, 0.25) is 0 Å². The van der Waals surface area contributed by atoms with E-state index in [0.29, 0.717) is 29.4 Å². The molecule has 0 aliphatic rings. The molecule has 118 valence electrons. The van der Waals surface area contributed by atoms with Crippen molar-refractivity contribution in [2.75, 3.05) is 6.61 Å². The van der Waals surface area contributed by atoms with Crippen LogP contribution in [0.3, 0.4) is 0 Å². The van der Waals surface area contributed by atoms with E-state index in [0.717, 1.165) is 0 Å². The summed E-state index contributed by atoms with van der Waals surface area (Å²) in [4.78, 5) is 27.7. The van der Waals surface area contributed by atoms with Gasteiger partial charge in [-0.3, -0.25) is 14.0 Å². The first kappa shape index (κ1) is 16.0. The Kier molecular flexibility index (Phi) is 4.80. The van der Waals surface area contributed by atoms with Crippen LogP contribution in [0, 0.1) is 12.8 Å². The first-order valence-corrected chi connectivity index (χ1v) is 7.29. The Hall–Kier alpha value is -2.37. The molecule has 0 fully saturated rings. The Balaban J connectivity index is 2.35. The highest BCUT2D eigenvalue weighted by Gasteiger charge is 2.21. The monoisotopic (exact) mass is 304 g/mol. The summed E-state index contributed by atoms with van der Waals surface area (Å²) < 4.78 is 7.25. The van der Waals surface area contributed by atoms with Crippen LogP contribution in [-0.4, -0.2) is 32.9 Å². The minimum atomic E-state index is -0.895. The van der Waals surface area contributed by atoms with Gasteiger partial charge in [-0.05, 0) is 31.9 Å². The summed E-state index contributed by atoms with van der Waals surface area (Å²) in [5.74, 6) is -0.586. The number of Topliss-reactive ketones (excluding diaryl/α,β-unsaturated/α-hetero) is 1. The zero-order valence-electron chi connectivity index (χ0n) is 13.0. The molecule has 0 unspecified atom stereocenters. The van der Waals surface area contributed by atoms with Gasteiger partial charge >= 0.3 is 5.97 Å². The normalized spacial score (nSPS) is 12.3. The van der Waals surface area contributed by atoms with E-state index < -0.39 is 5.97 Å². The molecule has 0 saturated heterocycles. The van der Waals surface area contributed by atoms with Crippen LogP contribution >= 0.6 is 0 Å². The molecule has 6 heteroatoms. The highest BCUT2D eigenvalue weighted by Crippen LogP contribution is 2.24. The number of aromatic nitrogens is 2. The van der Waals surface area contributed by atoms with E-state index in [1.807, 2.05) is 13.0 Å². The van der Waals surface area contributed by atoms with Gasteiger partial charge in [-0.15, -0.1) is 0 Å². The molecule has 0 aliphatic carbocycles. The van der Waals surface area contributed by atoms with Crippen molar-refractivity contribution < 1.29 is 19.4 Å². The van der Waals surface area contributed by atoms with Gasteiger partial charge < -0.3 is 9.84 Å². The van der Waals surface area contributed by atoms with E-state index in [1.165, 1.54) is 0 Å². The number of nitrogens with zero attached hydrogens (tertiary/aromatic N) is 2. The van der Waals surface area contributed by atoms with E-state index in [1.54, 1.807) is 30.5 Å². The number of imidazole rings is 1. The fourth-order valence-corrected chi connectivity index (χ4v) is 2.54. The molecule has 0 amide bonds. The van der Waals surface area contributed by atoms with Crippen molar-refractivity contribution in [1.29, 1.82) is 0 Å². The predicted molar refractivity (Wildman–Crippen MR) is 81.5 cm³/mol. The van der Waals surface area contributed by atoms with E-state index in [9.17, 15) is 9.59 Å². The minimum Gasteiger partial charge on any atom is -0.490 e. The zero-order chi connectivity index (χ0) is 16.3. The lowest BCUT2D eigenvalue weighted by Crippen LogP contribution is -2.13. The van der Waals surface area contributed by atoms with Gasteiger partial charge in [0.25, 0.3) is 0 Å². The topological polar surface area (TPSA) is 80.9 Å². The fourth-order valence-electron chi connectivity index (χ4n) is 2.54. The second-order valence-corrected chi connectivity index (χ2v) is 5.38. The Labute approximate surface area is 128 Å². The number of ether oxygens (including phenoxy) is 1. The first-order valence-electron chi connectivity index (χ1n) is 7.29. The maximum Gasteiger partial charge on any atom is 0.303 e. The van der Waals surface area contributed by atoms with Crippen molar-refractivity contribution in [2.24, 2.45) is 5.92 Å². The van der Waals surface area contributed by atoms with Gasteiger partial charge in [-0.25, -0.2) is 4.98 Å². The van der Waals surface area contributed by atoms with Crippen molar-refractivity contribution in [3.63, 3.8) is 0 Å². The van der Waals surface area contributed by atoms with Crippen LogP contribution in [0.1, 0.15) is 42.9 Å². The Morgan fingerprint density at radius 3 is 2.77 bits per heavy atom. The standard InChI is InChI=1S/C16H20N2O4/c1-4-22-13-6-5-7-18-15(11(3)17-16(13)18)12(19)8-10(2)9-14(20)21/h5-7,10H,4,8-9H2,1-3H3,(H,20,21)/t10-/m1/s1. The Morgan fingerprint density at radius 1 is 1.41 bits per heavy atom. The smallest absolute Gasteiger partial charge is 0.303 e. The number of aryl methyl sites for hydroxylation is 1. The van der Waals surface area contributed by atoms with Crippen LogP contribution in [0.5, 0.6) is 5.75 Å². The van der Waals surface area contributed by atoms with E-state index in [-0.39, 0.29) is 24.5 Å². The molecule has 0 aromatic carbocycles. The van der Waals surface area contributed by atoms with Crippen LogP contribution in [0.4, 0.5) is 0 Å². The Morgan fingerprint density at radius 2 is 2.14 bits per heavy atom. The number of ketones is 1. The molecule has 1 atom stereocenters. The molecule has 0 spiro atoms. The third kappa shape index (κ3) is 3.27. The van der Waals surface area contributed by atoms with Crippen molar-refractivity contribution in [3.8, 4) is 5.75 Å². The SMILES string of the molecule is CCOc1cccn2c(C(=O)C[C@@H](C)CC(=O)O)c(C)nc12. The maximum atomic E-state index is 12.5. The number of hydrogen-bond acceptors (Lipinski definition) is 4. The minimum absolute atomic E-state index is 0.0221. The molecule has 6 nitrogen and oxygen atoms in total. The third-order valence-corrected chi connectivity index (χ3v) is 3.41. The van der Waals surface area contributed by atoms with Crippen molar-refractivity contribution >= 4 is 17.4 Å². The van der Waals surface area contributed by atoms with Gasteiger partial charge in [0, 0.05) is 19.0 Å². The first-order chi connectivity index (χ1) is 10.4. The summed E-state index contributed by atoms with van der Waals surface area (Å²) in [6.45, 7) is 5.94. The lowest BCUT2D eigenvalue weighted by molar-refractivity contribution is -0.137. The molecular weight excluding hydrogens is 284 g/mol. The molecule has 0 saturated carbocycles. The molecule has 0 aliphatic heterocycles. The summed E-state index contributed by atoms with van der Waals surface area (Å²) in [5, 5.41) is 8.80. The van der Waals surface area contributed by atoms with Crippen molar-refractivity contribution in [2.45, 2.75) is 33.6 Å². The van der Waals surface area contributed by atoms with E-state index >= 15 is 0 Å². The van der Waals surface area contributed by atoms with Crippen LogP contribution in [0.15, 0.2) is 18.3 Å². The number of carbonyl (C=O) groups excluding carboxylic acids is 1. The van der Waals surface area contributed by atoms with Gasteiger partial charge in [-0.2, -0.15) is 0 Å². The van der Waals surface area contributed by atoms with Crippen molar-refractivity contribution in [1.82, 2.24) is 9.38 Å². The lowest BCUT2D eigenvalue weighted by atomic mass is 9.99. The van der Waals surface area contributed by atoms with Crippen LogP contribution < -0.4 is 4.74 Å². The summed E-state index contributed by atoms with van der Waals surface area (Å²) >= 11 is 0. The largest absolute Gasteiger partial charge is 0.490 e. The van der Waals surface area contributed by atoms with Gasteiger partial charge in [-0.1, -0.05) is 6.92 Å². The number of hydrogen-bond donors (Lipinski definition) is 1. The van der Waals surface area contributed by atoms with E-state index in [4.69, 9.17) is 9.84 Å². The number of carbonyl (C=O) groups is 2. The Bertz CT molecular complexity index is 705. The number of aliphatic carboxylic acids is 1. The van der Waals surface area contributed by atoms with Gasteiger partial charge in [0.1, 0.15) is 5.69 Å². The summed E-state index contributed by atoms with van der Waals surface area (Å²) in [6.07, 6.45) is 1.93. The van der Waals surface area contributed by atoms with Crippen molar-refractivity contribution in [3.05, 3.63) is 29.7 Å². The molecular formula is C16H20N2O4. The molecule has 2 heterocycles. The number of carboxylic acids is 1. The van der Waals surface area contributed by atoms with E-state index in [2.05, 4.69) is 4.98 Å². The quantitative estimate of drug-likeness (QED) is 0.795. The second-order valence-electron chi connectivity index (χ2n) is 5.38. The highest BCUT2D eigenvalue weighted by atomic mass is 16.5. The van der Waals surface area contributed by atoms with Gasteiger partial charge in [0.15, 0.2) is 17.2 Å². The number of pyridine rings is 1. The van der Waals surface area contributed by atoms with Gasteiger partial charge in [0.05, 0.1) is 12.3 Å². The average molecular weight is 304 g/mol. The summed E-state index contributed by atoms with van der Waals surface area (Å²) in [5.41, 5.74) is 1.73.